The van der Waals surface area contributed by atoms with Crippen LogP contribution < -0.4 is 15.3 Å². The Morgan fingerprint density at radius 2 is 1.57 bits per heavy atom. The number of rotatable bonds is 5. The maximum Gasteiger partial charge on any atom is 0.323 e. The van der Waals surface area contributed by atoms with E-state index in [1.54, 1.807) is 37.4 Å². The largest absolute Gasteiger partial charge is 0.323 e. The van der Waals surface area contributed by atoms with Crippen LogP contribution in [-0.4, -0.2) is 31.3 Å². The van der Waals surface area contributed by atoms with Gasteiger partial charge in [-0.1, -0.05) is 30.3 Å². The summed E-state index contributed by atoms with van der Waals surface area (Å²) in [7, 11) is -2.37. The molecule has 0 fully saturated rings. The van der Waals surface area contributed by atoms with Crippen LogP contribution in [0.2, 0.25) is 0 Å². The van der Waals surface area contributed by atoms with Gasteiger partial charge in [-0.05, 0) is 42.5 Å². The Balaban J connectivity index is 1.67. The van der Waals surface area contributed by atoms with Crippen LogP contribution >= 0.6 is 0 Å². The zero-order valence-electron chi connectivity index (χ0n) is 15.9. The highest BCUT2D eigenvalue weighted by atomic mass is 32.2. The van der Waals surface area contributed by atoms with Gasteiger partial charge in [0.25, 0.3) is 15.9 Å². The van der Waals surface area contributed by atoms with E-state index in [0.717, 1.165) is 0 Å². The lowest BCUT2D eigenvalue weighted by atomic mass is 10.1. The normalized spacial score (nSPS) is 11.4. The number of hydrogen-bond donors (Lipinski definition) is 3. The molecular formula is C21H18N4O4S. The summed E-state index contributed by atoms with van der Waals surface area (Å²) in [6.07, 6.45) is 0. The van der Waals surface area contributed by atoms with E-state index in [2.05, 4.69) is 14.7 Å². The second-order valence-electron chi connectivity index (χ2n) is 6.64. The van der Waals surface area contributed by atoms with Crippen molar-refractivity contribution < 1.29 is 13.2 Å². The Morgan fingerprint density at radius 1 is 0.900 bits per heavy atom. The first-order chi connectivity index (χ1) is 14.3. The molecule has 0 atom stereocenters. The molecule has 0 aliphatic rings. The van der Waals surface area contributed by atoms with Gasteiger partial charge in [-0.3, -0.25) is 9.52 Å². The van der Waals surface area contributed by atoms with E-state index in [4.69, 9.17) is 0 Å². The number of carbonyl (C=O) groups excluding carboxylic acids is 1. The van der Waals surface area contributed by atoms with E-state index in [-0.39, 0.29) is 22.1 Å². The number of anilines is 2. The third kappa shape index (κ3) is 3.70. The molecule has 9 heteroatoms. The van der Waals surface area contributed by atoms with Gasteiger partial charge in [-0.15, -0.1) is 0 Å². The highest BCUT2D eigenvalue weighted by Gasteiger charge is 2.21. The van der Waals surface area contributed by atoms with Gasteiger partial charge in [0.15, 0.2) is 0 Å². The van der Waals surface area contributed by atoms with Gasteiger partial charge in [-0.2, -0.15) is 0 Å². The average molecular weight is 422 g/mol. The number of aromatic amines is 2. The third-order valence-corrected chi connectivity index (χ3v) is 6.01. The average Bonchev–Trinajstić information content (AvgIpc) is 3.12. The van der Waals surface area contributed by atoms with E-state index in [1.807, 2.05) is 18.2 Å². The summed E-state index contributed by atoms with van der Waals surface area (Å²) in [6, 6.07) is 19.7. The molecule has 4 aromatic rings. The fourth-order valence-electron chi connectivity index (χ4n) is 3.09. The number of imidazole rings is 1. The molecule has 1 heterocycles. The number of hydrogen-bond acceptors (Lipinski definition) is 4. The van der Waals surface area contributed by atoms with Crippen molar-refractivity contribution in [3.8, 4) is 0 Å². The van der Waals surface area contributed by atoms with E-state index >= 15 is 0 Å². The second-order valence-corrected chi connectivity index (χ2v) is 8.32. The zero-order chi connectivity index (χ0) is 21.3. The summed E-state index contributed by atoms with van der Waals surface area (Å²) in [5.41, 5.74) is 1.50. The monoisotopic (exact) mass is 422 g/mol. The lowest BCUT2D eigenvalue weighted by molar-refractivity contribution is 0.0994. The van der Waals surface area contributed by atoms with Crippen molar-refractivity contribution in [2.24, 2.45) is 0 Å². The first kappa shape index (κ1) is 19.5. The molecule has 3 aromatic carbocycles. The SMILES string of the molecule is CN(C(=O)c1ccccc1NS(=O)(=O)c1ccc2[nH]c(=O)[nH]c2c1)c1ccccc1. The van der Waals surface area contributed by atoms with Gasteiger partial charge in [0, 0.05) is 12.7 Å². The molecular weight excluding hydrogens is 404 g/mol. The molecule has 3 N–H and O–H groups in total. The number of aromatic nitrogens is 2. The van der Waals surface area contributed by atoms with Gasteiger partial charge in [0.2, 0.25) is 0 Å². The molecule has 152 valence electrons. The summed E-state index contributed by atoms with van der Waals surface area (Å²) >= 11 is 0. The van der Waals surface area contributed by atoms with Crippen LogP contribution in [-0.2, 0) is 10.0 Å². The predicted octanol–water partition coefficient (Wildman–Crippen LogP) is 2.93. The Kier molecular flexibility index (Phi) is 4.88. The molecule has 0 spiro atoms. The van der Waals surface area contributed by atoms with Crippen LogP contribution in [0.15, 0.2) is 82.5 Å². The number of benzene rings is 3. The standard InChI is InChI=1S/C21H18N4O4S/c1-25(14-7-3-2-4-8-14)20(26)16-9-5-6-10-17(16)24-30(28,29)15-11-12-18-19(13-15)23-21(27)22-18/h2-13,24H,1H3,(H2,22,23,27). The topological polar surface area (TPSA) is 115 Å². The third-order valence-electron chi connectivity index (χ3n) is 4.65. The van der Waals surface area contributed by atoms with Crippen molar-refractivity contribution >= 4 is 38.3 Å². The minimum atomic E-state index is -4.00. The van der Waals surface area contributed by atoms with E-state index in [1.165, 1.54) is 29.2 Å². The van der Waals surface area contributed by atoms with Crippen molar-refractivity contribution in [3.05, 3.63) is 88.8 Å². The maximum absolute atomic E-state index is 13.0. The smallest absolute Gasteiger partial charge is 0.311 e. The number of para-hydroxylation sites is 2. The molecule has 1 aromatic heterocycles. The van der Waals surface area contributed by atoms with Crippen molar-refractivity contribution in [1.82, 2.24) is 9.97 Å². The van der Waals surface area contributed by atoms with Crippen molar-refractivity contribution in [3.63, 3.8) is 0 Å². The Morgan fingerprint density at radius 3 is 2.33 bits per heavy atom. The number of amides is 1. The minimum Gasteiger partial charge on any atom is -0.311 e. The van der Waals surface area contributed by atoms with Gasteiger partial charge < -0.3 is 14.9 Å². The Labute approximate surface area is 172 Å². The number of sulfonamides is 1. The fourth-order valence-corrected chi connectivity index (χ4v) is 4.20. The highest BCUT2D eigenvalue weighted by Crippen LogP contribution is 2.24. The predicted molar refractivity (Wildman–Crippen MR) is 115 cm³/mol. The highest BCUT2D eigenvalue weighted by molar-refractivity contribution is 7.92. The number of nitrogens with one attached hydrogen (secondary N) is 3. The number of carbonyl (C=O) groups is 1. The van der Waals surface area contributed by atoms with Crippen LogP contribution in [0.3, 0.4) is 0 Å². The number of nitrogens with zero attached hydrogens (tertiary/aromatic N) is 1. The Bertz CT molecular complexity index is 1390. The van der Waals surface area contributed by atoms with E-state index < -0.39 is 15.7 Å². The number of H-pyrrole nitrogens is 2. The van der Waals surface area contributed by atoms with Gasteiger partial charge in [0.05, 0.1) is 27.2 Å². The van der Waals surface area contributed by atoms with Crippen LogP contribution in [0.1, 0.15) is 10.4 Å². The summed E-state index contributed by atoms with van der Waals surface area (Å²) in [6.45, 7) is 0. The molecule has 0 saturated carbocycles. The van der Waals surface area contributed by atoms with Crippen molar-refractivity contribution in [1.29, 1.82) is 0 Å². The summed E-state index contributed by atoms with van der Waals surface area (Å²) < 4.78 is 28.3. The number of fused-ring (bicyclic) bond motifs is 1. The van der Waals surface area contributed by atoms with Crippen LogP contribution in [0.4, 0.5) is 11.4 Å². The van der Waals surface area contributed by atoms with Crippen molar-refractivity contribution in [2.75, 3.05) is 16.7 Å². The minimum absolute atomic E-state index is 0.0380. The summed E-state index contributed by atoms with van der Waals surface area (Å²) in [4.78, 5) is 30.9. The van der Waals surface area contributed by atoms with E-state index in [0.29, 0.717) is 16.7 Å². The lowest BCUT2D eigenvalue weighted by Crippen LogP contribution is -2.27. The summed E-state index contributed by atoms with van der Waals surface area (Å²) in [5, 5.41) is 0. The molecule has 0 bridgehead atoms. The van der Waals surface area contributed by atoms with Crippen LogP contribution in [0.25, 0.3) is 11.0 Å². The quantitative estimate of drug-likeness (QED) is 0.459. The van der Waals surface area contributed by atoms with Gasteiger partial charge in [0.1, 0.15) is 0 Å². The molecule has 0 saturated heterocycles. The van der Waals surface area contributed by atoms with Crippen LogP contribution in [0.5, 0.6) is 0 Å². The molecule has 4 rings (SSSR count). The molecule has 0 aliphatic carbocycles. The first-order valence-electron chi connectivity index (χ1n) is 9.02. The zero-order valence-corrected chi connectivity index (χ0v) is 16.7. The molecule has 8 nitrogen and oxygen atoms in total. The Hall–Kier alpha value is -3.85. The molecule has 0 unspecified atom stereocenters. The summed E-state index contributed by atoms with van der Waals surface area (Å²) in [5.74, 6) is -0.357. The maximum atomic E-state index is 13.0. The van der Waals surface area contributed by atoms with Gasteiger partial charge in [-0.25, -0.2) is 13.2 Å². The van der Waals surface area contributed by atoms with Crippen LogP contribution in [0, 0.1) is 0 Å². The fraction of sp³-hybridized carbons (Fsp3) is 0.0476. The molecule has 30 heavy (non-hydrogen) atoms. The molecule has 0 aliphatic heterocycles. The molecule has 0 radical (unpaired) electrons. The van der Waals surface area contributed by atoms with Gasteiger partial charge >= 0.3 is 5.69 Å². The first-order valence-corrected chi connectivity index (χ1v) is 10.5. The van der Waals surface area contributed by atoms with Crippen molar-refractivity contribution in [2.45, 2.75) is 4.90 Å². The second kappa shape index (κ2) is 7.53. The van der Waals surface area contributed by atoms with E-state index in [9.17, 15) is 18.0 Å². The molecule has 1 amide bonds. The lowest BCUT2D eigenvalue weighted by Gasteiger charge is -2.19.